The second-order valence-electron chi connectivity index (χ2n) is 3.86. The molecule has 0 fully saturated rings. The molecule has 0 amide bonds. The molecule has 90 valence electrons. The Morgan fingerprint density at radius 3 is 2.53 bits per heavy atom. The maximum Gasteiger partial charge on any atom is 0.124 e. The van der Waals surface area contributed by atoms with E-state index in [1.807, 2.05) is 19.1 Å². The summed E-state index contributed by atoms with van der Waals surface area (Å²) in [6.45, 7) is 2.20. The molecule has 1 aromatic carbocycles. The molecule has 1 atom stereocenters. The number of rotatable bonds is 4. The molecule has 4 heteroatoms. The third kappa shape index (κ3) is 3.01. The average molecular weight is 233 g/mol. The van der Waals surface area contributed by atoms with Crippen molar-refractivity contribution >= 4 is 0 Å². The third-order valence-electron chi connectivity index (χ3n) is 2.39. The topological polar surface area (TPSA) is 68.6 Å². The zero-order valence-corrected chi connectivity index (χ0v) is 9.59. The van der Waals surface area contributed by atoms with Crippen LogP contribution < -0.4 is 10.5 Å². The van der Waals surface area contributed by atoms with Crippen molar-refractivity contribution < 1.29 is 14.3 Å². The summed E-state index contributed by atoms with van der Waals surface area (Å²) in [5.41, 5.74) is 5.92. The van der Waals surface area contributed by atoms with E-state index in [0.29, 0.717) is 18.1 Å². The van der Waals surface area contributed by atoms with Gasteiger partial charge >= 0.3 is 0 Å². The number of hydrogen-bond acceptors (Lipinski definition) is 4. The zero-order valence-electron chi connectivity index (χ0n) is 9.59. The van der Waals surface area contributed by atoms with E-state index in [0.717, 1.165) is 5.76 Å². The molecule has 3 N–H and O–H groups in total. The van der Waals surface area contributed by atoms with Gasteiger partial charge in [0.25, 0.3) is 0 Å². The Hall–Kier alpha value is -1.94. The molecule has 1 heterocycles. The normalized spacial score (nSPS) is 12.4. The summed E-state index contributed by atoms with van der Waals surface area (Å²) in [4.78, 5) is 0. The number of phenolic OH excluding ortho intramolecular Hbond substituents is 1. The van der Waals surface area contributed by atoms with Gasteiger partial charge < -0.3 is 20.0 Å². The van der Waals surface area contributed by atoms with Crippen LogP contribution in [0.4, 0.5) is 0 Å². The summed E-state index contributed by atoms with van der Waals surface area (Å²) >= 11 is 0. The molecule has 1 unspecified atom stereocenters. The quantitative estimate of drug-likeness (QED) is 0.850. The number of ether oxygens (including phenoxy) is 1. The predicted molar refractivity (Wildman–Crippen MR) is 64.0 cm³/mol. The zero-order chi connectivity index (χ0) is 12.3. The first-order valence-electron chi connectivity index (χ1n) is 5.39. The minimum atomic E-state index is -0.294. The van der Waals surface area contributed by atoms with Crippen LogP contribution in [0, 0.1) is 6.92 Å². The van der Waals surface area contributed by atoms with Crippen LogP contribution in [0.5, 0.6) is 11.5 Å². The number of aryl methyl sites for hydroxylation is 1. The largest absolute Gasteiger partial charge is 0.508 e. The van der Waals surface area contributed by atoms with Crippen molar-refractivity contribution in [3.63, 3.8) is 0 Å². The summed E-state index contributed by atoms with van der Waals surface area (Å²) in [6, 6.07) is 9.94. The van der Waals surface area contributed by atoms with E-state index in [9.17, 15) is 0 Å². The van der Waals surface area contributed by atoms with Crippen LogP contribution in [0.15, 0.2) is 40.8 Å². The first-order valence-corrected chi connectivity index (χ1v) is 5.39. The van der Waals surface area contributed by atoms with Gasteiger partial charge in [-0.15, -0.1) is 0 Å². The first kappa shape index (κ1) is 11.5. The lowest BCUT2D eigenvalue weighted by atomic mass is 10.2. The van der Waals surface area contributed by atoms with Crippen LogP contribution in [0.2, 0.25) is 0 Å². The van der Waals surface area contributed by atoms with Crippen LogP contribution in [-0.4, -0.2) is 11.7 Å². The molecule has 0 spiro atoms. The van der Waals surface area contributed by atoms with E-state index >= 15 is 0 Å². The molecule has 0 aliphatic carbocycles. The number of phenols is 1. The van der Waals surface area contributed by atoms with E-state index < -0.39 is 0 Å². The minimum Gasteiger partial charge on any atom is -0.508 e. The molecule has 0 aliphatic rings. The highest BCUT2D eigenvalue weighted by atomic mass is 16.5. The highest BCUT2D eigenvalue weighted by molar-refractivity contribution is 5.30. The van der Waals surface area contributed by atoms with Crippen LogP contribution in [-0.2, 0) is 0 Å². The maximum atomic E-state index is 9.12. The average Bonchev–Trinajstić information content (AvgIpc) is 2.75. The number of benzene rings is 1. The highest BCUT2D eigenvalue weighted by Gasteiger charge is 2.10. The molecule has 0 saturated carbocycles. The van der Waals surface area contributed by atoms with Crippen LogP contribution in [0.25, 0.3) is 0 Å². The summed E-state index contributed by atoms with van der Waals surface area (Å²) in [6.07, 6.45) is 0. The van der Waals surface area contributed by atoms with Crippen LogP contribution in [0.1, 0.15) is 17.6 Å². The van der Waals surface area contributed by atoms with Crippen LogP contribution >= 0.6 is 0 Å². The molecule has 4 nitrogen and oxygen atoms in total. The Kier molecular flexibility index (Phi) is 3.35. The minimum absolute atomic E-state index is 0.211. The lowest BCUT2D eigenvalue weighted by Gasteiger charge is -2.11. The fourth-order valence-corrected chi connectivity index (χ4v) is 1.46. The summed E-state index contributed by atoms with van der Waals surface area (Å²) in [5, 5.41) is 9.12. The first-order chi connectivity index (χ1) is 8.15. The SMILES string of the molecule is Cc1ccc(C(N)COc2ccc(O)cc2)o1. The fraction of sp³-hybridized carbons (Fsp3) is 0.231. The lowest BCUT2D eigenvalue weighted by molar-refractivity contribution is 0.271. The number of hydrogen-bond donors (Lipinski definition) is 2. The molecular formula is C13H15NO3. The van der Waals surface area contributed by atoms with Gasteiger partial charge in [-0.1, -0.05) is 0 Å². The van der Waals surface area contributed by atoms with E-state index in [2.05, 4.69) is 0 Å². The predicted octanol–water partition coefficient (Wildman–Crippen LogP) is 2.37. The maximum absolute atomic E-state index is 9.12. The molecular weight excluding hydrogens is 218 g/mol. The molecule has 2 aromatic rings. The van der Waals surface area contributed by atoms with Crippen molar-refractivity contribution in [2.75, 3.05) is 6.61 Å². The van der Waals surface area contributed by atoms with Crippen LogP contribution in [0.3, 0.4) is 0 Å². The molecule has 1 aromatic heterocycles. The van der Waals surface area contributed by atoms with E-state index in [4.69, 9.17) is 20.0 Å². The van der Waals surface area contributed by atoms with E-state index in [-0.39, 0.29) is 11.8 Å². The number of furan rings is 1. The highest BCUT2D eigenvalue weighted by Crippen LogP contribution is 2.19. The van der Waals surface area contributed by atoms with Crippen molar-refractivity contribution in [2.45, 2.75) is 13.0 Å². The Morgan fingerprint density at radius 2 is 1.94 bits per heavy atom. The smallest absolute Gasteiger partial charge is 0.124 e. The van der Waals surface area contributed by atoms with Gasteiger partial charge in [-0.3, -0.25) is 0 Å². The van der Waals surface area contributed by atoms with Crippen molar-refractivity contribution in [2.24, 2.45) is 5.73 Å². The van der Waals surface area contributed by atoms with Gasteiger partial charge in [-0.2, -0.15) is 0 Å². The monoisotopic (exact) mass is 233 g/mol. The van der Waals surface area contributed by atoms with Gasteiger partial charge in [-0.05, 0) is 43.3 Å². The van der Waals surface area contributed by atoms with Crippen molar-refractivity contribution in [3.05, 3.63) is 47.9 Å². The van der Waals surface area contributed by atoms with Gasteiger partial charge in [0.15, 0.2) is 0 Å². The number of aromatic hydroxyl groups is 1. The van der Waals surface area contributed by atoms with E-state index in [1.165, 1.54) is 0 Å². The summed E-state index contributed by atoms with van der Waals surface area (Å²) < 4.78 is 10.9. The second-order valence-corrected chi connectivity index (χ2v) is 3.86. The van der Waals surface area contributed by atoms with E-state index in [1.54, 1.807) is 24.3 Å². The molecule has 2 rings (SSSR count). The van der Waals surface area contributed by atoms with Gasteiger partial charge in [0.05, 0.1) is 6.04 Å². The molecule has 17 heavy (non-hydrogen) atoms. The van der Waals surface area contributed by atoms with Gasteiger partial charge in [-0.25, -0.2) is 0 Å². The Bertz CT molecular complexity index is 476. The molecule has 0 radical (unpaired) electrons. The van der Waals surface area contributed by atoms with Crippen molar-refractivity contribution in [3.8, 4) is 11.5 Å². The summed E-state index contributed by atoms with van der Waals surface area (Å²) in [7, 11) is 0. The fourth-order valence-electron chi connectivity index (χ4n) is 1.46. The Balaban J connectivity index is 1.92. The Morgan fingerprint density at radius 1 is 1.24 bits per heavy atom. The summed E-state index contributed by atoms with van der Waals surface area (Å²) in [5.74, 6) is 2.42. The van der Waals surface area contributed by atoms with Crippen molar-refractivity contribution in [1.82, 2.24) is 0 Å². The van der Waals surface area contributed by atoms with Gasteiger partial charge in [0.1, 0.15) is 29.6 Å². The number of nitrogens with two attached hydrogens (primary N) is 1. The standard InChI is InChI=1S/C13H15NO3/c1-9-2-7-13(17-9)12(14)8-16-11-5-3-10(15)4-6-11/h2-7,12,15H,8,14H2,1H3. The second kappa shape index (κ2) is 4.93. The van der Waals surface area contributed by atoms with Crippen molar-refractivity contribution in [1.29, 1.82) is 0 Å². The third-order valence-corrected chi connectivity index (χ3v) is 2.39. The van der Waals surface area contributed by atoms with Gasteiger partial charge in [0, 0.05) is 0 Å². The molecule has 0 aliphatic heterocycles. The lowest BCUT2D eigenvalue weighted by Crippen LogP contribution is -2.18. The molecule has 0 saturated heterocycles. The van der Waals surface area contributed by atoms with Gasteiger partial charge in [0.2, 0.25) is 0 Å². The molecule has 0 bridgehead atoms. The Labute approximate surface area is 99.6 Å².